The number of nitrogens with zero attached hydrogens (tertiary/aromatic N) is 3. The van der Waals surface area contributed by atoms with Crippen LogP contribution in [0, 0.1) is 5.41 Å². The quantitative estimate of drug-likeness (QED) is 0.876. The van der Waals surface area contributed by atoms with Crippen LogP contribution in [0.5, 0.6) is 0 Å². The summed E-state index contributed by atoms with van der Waals surface area (Å²) in [6.07, 6.45) is 0.800. The van der Waals surface area contributed by atoms with Crippen molar-refractivity contribution in [2.24, 2.45) is 11.1 Å². The van der Waals surface area contributed by atoms with Gasteiger partial charge in [-0.3, -0.25) is 9.69 Å². The van der Waals surface area contributed by atoms with Gasteiger partial charge in [0.15, 0.2) is 0 Å². The molecule has 0 saturated carbocycles. The zero-order valence-electron chi connectivity index (χ0n) is 8.94. The molecule has 5 nitrogen and oxygen atoms in total. The molecule has 0 aliphatic carbocycles. The first-order chi connectivity index (χ1) is 7.49. The predicted octanol–water partition coefficient (Wildman–Crippen LogP) is 0.889. The fraction of sp³-hybridized carbons (Fsp3) is 0.667. The summed E-state index contributed by atoms with van der Waals surface area (Å²) in [6.45, 7) is 4.13. The third-order valence-corrected chi connectivity index (χ3v) is 3.95. The van der Waals surface area contributed by atoms with Gasteiger partial charge in [-0.2, -0.15) is 0 Å². The van der Waals surface area contributed by atoms with E-state index in [1.54, 1.807) is 0 Å². The summed E-state index contributed by atoms with van der Waals surface area (Å²) in [5, 5.41) is 8.57. The number of hydrogen-bond donors (Lipinski definition) is 1. The number of halogens is 1. The van der Waals surface area contributed by atoms with Crippen LogP contribution in [0.2, 0.25) is 4.47 Å². The van der Waals surface area contributed by atoms with Crippen LogP contribution >= 0.6 is 22.9 Å². The topological polar surface area (TPSA) is 72.1 Å². The standard InChI is InChI=1S/C9H13ClN4OS/c1-9(7(11)15)2-3-14(5-9)4-6-12-13-8(10)16-6/h2-5H2,1H3,(H2,11,15). The second kappa shape index (κ2) is 4.27. The number of rotatable bonds is 3. The van der Waals surface area contributed by atoms with E-state index in [1.165, 1.54) is 11.3 Å². The van der Waals surface area contributed by atoms with Gasteiger partial charge in [-0.25, -0.2) is 0 Å². The van der Waals surface area contributed by atoms with Crippen LogP contribution in [-0.2, 0) is 11.3 Å². The molecule has 0 spiro atoms. The van der Waals surface area contributed by atoms with Crippen molar-refractivity contribution in [3.63, 3.8) is 0 Å². The number of carbonyl (C=O) groups excluding carboxylic acids is 1. The largest absolute Gasteiger partial charge is 0.369 e. The van der Waals surface area contributed by atoms with E-state index >= 15 is 0 Å². The highest BCUT2D eigenvalue weighted by Gasteiger charge is 2.38. The van der Waals surface area contributed by atoms with Crippen LogP contribution < -0.4 is 5.73 Å². The lowest BCUT2D eigenvalue weighted by atomic mass is 9.89. The number of carbonyl (C=O) groups is 1. The SMILES string of the molecule is CC1(C(N)=O)CCN(Cc2nnc(Cl)s2)C1. The molecule has 16 heavy (non-hydrogen) atoms. The lowest BCUT2D eigenvalue weighted by molar-refractivity contribution is -0.126. The first kappa shape index (κ1) is 11.8. The van der Waals surface area contributed by atoms with Crippen molar-refractivity contribution >= 4 is 28.8 Å². The minimum absolute atomic E-state index is 0.231. The number of primary amides is 1. The van der Waals surface area contributed by atoms with E-state index in [0.717, 1.165) is 18.0 Å². The van der Waals surface area contributed by atoms with Crippen LogP contribution in [0.25, 0.3) is 0 Å². The molecule has 1 aliphatic heterocycles. The Bertz CT molecular complexity index is 410. The van der Waals surface area contributed by atoms with Gasteiger partial charge in [-0.05, 0) is 31.5 Å². The number of hydrogen-bond acceptors (Lipinski definition) is 5. The Balaban J connectivity index is 1.97. The number of likely N-dealkylation sites (tertiary alicyclic amines) is 1. The third-order valence-electron chi connectivity index (χ3n) is 2.95. The molecule has 2 heterocycles. The van der Waals surface area contributed by atoms with Gasteiger partial charge in [0.2, 0.25) is 10.4 Å². The maximum absolute atomic E-state index is 11.3. The lowest BCUT2D eigenvalue weighted by Gasteiger charge is -2.20. The molecule has 1 aromatic rings. The predicted molar refractivity (Wildman–Crippen MR) is 62.1 cm³/mol. The molecule has 7 heteroatoms. The van der Waals surface area contributed by atoms with Crippen LogP contribution in [0.4, 0.5) is 0 Å². The molecule has 1 saturated heterocycles. The fourth-order valence-electron chi connectivity index (χ4n) is 1.88. The zero-order valence-corrected chi connectivity index (χ0v) is 10.5. The summed E-state index contributed by atoms with van der Waals surface area (Å²) in [6, 6.07) is 0. The number of amides is 1. The smallest absolute Gasteiger partial charge is 0.224 e. The van der Waals surface area contributed by atoms with Crippen LogP contribution in [0.1, 0.15) is 18.4 Å². The lowest BCUT2D eigenvalue weighted by Crippen LogP contribution is -2.36. The normalized spacial score (nSPS) is 26.1. The monoisotopic (exact) mass is 260 g/mol. The third kappa shape index (κ3) is 2.34. The van der Waals surface area contributed by atoms with Crippen molar-refractivity contribution in [3.8, 4) is 0 Å². The molecule has 0 aromatic carbocycles. The van der Waals surface area contributed by atoms with Gasteiger partial charge in [0, 0.05) is 6.54 Å². The van der Waals surface area contributed by atoms with Crippen LogP contribution in [0.15, 0.2) is 0 Å². The molecular weight excluding hydrogens is 248 g/mol. The molecular formula is C9H13ClN4OS. The summed E-state index contributed by atoms with van der Waals surface area (Å²) in [5.41, 5.74) is 4.97. The average molecular weight is 261 g/mol. The minimum Gasteiger partial charge on any atom is -0.369 e. The molecule has 1 atom stereocenters. The van der Waals surface area contributed by atoms with E-state index in [9.17, 15) is 4.79 Å². The Morgan fingerprint density at radius 1 is 1.69 bits per heavy atom. The summed E-state index contributed by atoms with van der Waals surface area (Å²) in [4.78, 5) is 13.4. The molecule has 0 bridgehead atoms. The summed E-state index contributed by atoms with van der Waals surface area (Å²) >= 11 is 7.07. The van der Waals surface area contributed by atoms with E-state index in [-0.39, 0.29) is 5.91 Å². The van der Waals surface area contributed by atoms with E-state index in [2.05, 4.69) is 15.1 Å². The van der Waals surface area contributed by atoms with Crippen molar-refractivity contribution in [1.82, 2.24) is 15.1 Å². The maximum atomic E-state index is 11.3. The van der Waals surface area contributed by atoms with Gasteiger partial charge in [0.1, 0.15) is 5.01 Å². The highest BCUT2D eigenvalue weighted by Crippen LogP contribution is 2.30. The van der Waals surface area contributed by atoms with E-state index < -0.39 is 5.41 Å². The molecule has 2 rings (SSSR count). The Hall–Kier alpha value is -0.720. The molecule has 1 aliphatic rings. The Labute approximate surface area is 103 Å². The van der Waals surface area contributed by atoms with Crippen LogP contribution in [0.3, 0.4) is 0 Å². The first-order valence-corrected chi connectivity index (χ1v) is 6.19. The molecule has 1 amide bonds. The van der Waals surface area contributed by atoms with Crippen molar-refractivity contribution in [1.29, 1.82) is 0 Å². The van der Waals surface area contributed by atoms with Gasteiger partial charge in [0.05, 0.1) is 12.0 Å². The summed E-state index contributed by atoms with van der Waals surface area (Å²) in [7, 11) is 0. The van der Waals surface area contributed by atoms with Crippen LogP contribution in [-0.4, -0.2) is 34.1 Å². The molecule has 2 N–H and O–H groups in total. The van der Waals surface area contributed by atoms with E-state index in [1.807, 2.05) is 6.92 Å². The van der Waals surface area contributed by atoms with E-state index in [0.29, 0.717) is 17.6 Å². The molecule has 1 aromatic heterocycles. The molecule has 88 valence electrons. The van der Waals surface area contributed by atoms with Gasteiger partial charge in [0.25, 0.3) is 0 Å². The second-order valence-electron chi connectivity index (χ2n) is 4.33. The number of aromatic nitrogens is 2. The highest BCUT2D eigenvalue weighted by molar-refractivity contribution is 7.15. The Kier molecular flexibility index (Phi) is 3.14. The Morgan fingerprint density at radius 3 is 2.94 bits per heavy atom. The second-order valence-corrected chi connectivity index (χ2v) is 5.98. The zero-order chi connectivity index (χ0) is 11.8. The van der Waals surface area contributed by atoms with Crippen molar-refractivity contribution < 1.29 is 4.79 Å². The van der Waals surface area contributed by atoms with E-state index in [4.69, 9.17) is 17.3 Å². The minimum atomic E-state index is -0.408. The maximum Gasteiger partial charge on any atom is 0.224 e. The Morgan fingerprint density at radius 2 is 2.44 bits per heavy atom. The molecule has 1 fully saturated rings. The summed E-state index contributed by atoms with van der Waals surface area (Å²) in [5.74, 6) is -0.231. The molecule has 0 radical (unpaired) electrons. The van der Waals surface area contributed by atoms with Gasteiger partial charge < -0.3 is 5.73 Å². The van der Waals surface area contributed by atoms with Crippen molar-refractivity contribution in [2.45, 2.75) is 19.9 Å². The van der Waals surface area contributed by atoms with Crippen molar-refractivity contribution in [2.75, 3.05) is 13.1 Å². The van der Waals surface area contributed by atoms with Gasteiger partial charge in [-0.15, -0.1) is 10.2 Å². The molecule has 1 unspecified atom stereocenters. The van der Waals surface area contributed by atoms with Gasteiger partial charge >= 0.3 is 0 Å². The van der Waals surface area contributed by atoms with Gasteiger partial charge in [-0.1, -0.05) is 11.3 Å². The highest BCUT2D eigenvalue weighted by atomic mass is 35.5. The fourth-order valence-corrected chi connectivity index (χ4v) is 2.79. The average Bonchev–Trinajstić information content (AvgIpc) is 2.75. The van der Waals surface area contributed by atoms with Crippen molar-refractivity contribution in [3.05, 3.63) is 9.47 Å². The summed E-state index contributed by atoms with van der Waals surface area (Å²) < 4.78 is 0.451. The number of nitrogens with two attached hydrogens (primary N) is 1. The first-order valence-electron chi connectivity index (χ1n) is 5.00.